The fourth-order valence-corrected chi connectivity index (χ4v) is 9.68. The molecule has 6 heterocycles. The van der Waals surface area contributed by atoms with Gasteiger partial charge in [-0.3, -0.25) is 29.4 Å². The molecule has 13 nitrogen and oxygen atoms in total. The SMILES string of the molecule is O=C1CCC(N2Cc3cc(OC4CCN(C5CCN(CC(=O)N6CCC(Nc7ncc(Cl)c(-c8cccc(-c9ccccc9)c8)n7)CC6)CC5)CC4)ccc3C2=O)C(=O)N1. The van der Waals surface area contributed by atoms with E-state index >= 15 is 0 Å². The van der Waals surface area contributed by atoms with E-state index in [2.05, 4.69) is 49.7 Å². The van der Waals surface area contributed by atoms with Crippen LogP contribution in [0.25, 0.3) is 22.4 Å². The second-order valence-corrected chi connectivity index (χ2v) is 17.1. The van der Waals surface area contributed by atoms with Crippen LogP contribution in [0.3, 0.4) is 0 Å². The van der Waals surface area contributed by atoms with Gasteiger partial charge in [0.1, 0.15) is 17.9 Å². The zero-order valence-electron chi connectivity index (χ0n) is 33.7. The summed E-state index contributed by atoms with van der Waals surface area (Å²) in [4.78, 5) is 68.3. The van der Waals surface area contributed by atoms with E-state index in [1.807, 2.05) is 47.4 Å². The molecular weight excluding hydrogens is 780 g/mol. The van der Waals surface area contributed by atoms with Gasteiger partial charge in [0.05, 0.1) is 23.5 Å². The predicted octanol–water partition coefficient (Wildman–Crippen LogP) is 5.64. The number of nitrogens with zero attached hydrogens (tertiary/aromatic N) is 6. The molecule has 0 saturated carbocycles. The molecule has 0 bridgehead atoms. The first-order valence-corrected chi connectivity index (χ1v) is 21.8. The highest BCUT2D eigenvalue weighted by molar-refractivity contribution is 6.33. The van der Waals surface area contributed by atoms with Crippen molar-refractivity contribution in [2.75, 3.05) is 51.1 Å². The lowest BCUT2D eigenvalue weighted by Crippen LogP contribution is -2.52. The minimum absolute atomic E-state index is 0.0962. The van der Waals surface area contributed by atoms with Crippen molar-refractivity contribution in [1.82, 2.24) is 34.9 Å². The fraction of sp³-hybridized carbons (Fsp3) is 0.435. The third-order valence-corrected chi connectivity index (χ3v) is 13.2. The first-order chi connectivity index (χ1) is 29.2. The summed E-state index contributed by atoms with van der Waals surface area (Å²) in [5.74, 6) is 0.621. The average molecular weight is 831 g/mol. The largest absolute Gasteiger partial charge is 0.490 e. The molecule has 312 valence electrons. The van der Waals surface area contributed by atoms with Gasteiger partial charge in [-0.1, -0.05) is 60.1 Å². The van der Waals surface area contributed by atoms with Crippen molar-refractivity contribution in [3.8, 4) is 28.1 Å². The molecule has 1 aromatic heterocycles. The lowest BCUT2D eigenvalue weighted by Gasteiger charge is -2.42. The number of amides is 4. The van der Waals surface area contributed by atoms with Gasteiger partial charge in [-0.2, -0.15) is 0 Å². The molecule has 2 N–H and O–H groups in total. The Kier molecular flexibility index (Phi) is 11.8. The number of imide groups is 1. The summed E-state index contributed by atoms with van der Waals surface area (Å²) >= 11 is 6.60. The van der Waals surface area contributed by atoms with E-state index in [0.717, 1.165) is 92.7 Å². The molecule has 14 heteroatoms. The number of nitrogens with one attached hydrogen (secondary N) is 2. The Bertz CT molecular complexity index is 2230. The molecule has 0 aliphatic carbocycles. The summed E-state index contributed by atoms with van der Waals surface area (Å²) in [6, 6.07) is 24.1. The van der Waals surface area contributed by atoms with Gasteiger partial charge >= 0.3 is 0 Å². The van der Waals surface area contributed by atoms with E-state index in [9.17, 15) is 19.2 Å². The van der Waals surface area contributed by atoms with Crippen LogP contribution in [0.4, 0.5) is 5.95 Å². The highest BCUT2D eigenvalue weighted by Gasteiger charge is 2.39. The molecule has 0 spiro atoms. The van der Waals surface area contributed by atoms with E-state index < -0.39 is 11.9 Å². The van der Waals surface area contributed by atoms with Gasteiger partial charge in [0.25, 0.3) is 5.91 Å². The summed E-state index contributed by atoms with van der Waals surface area (Å²) in [5.41, 5.74) is 5.30. The number of fused-ring (bicyclic) bond motifs is 1. The number of ether oxygens (including phenoxy) is 1. The molecule has 3 aromatic carbocycles. The minimum atomic E-state index is -0.626. The van der Waals surface area contributed by atoms with E-state index in [4.69, 9.17) is 21.3 Å². The highest BCUT2D eigenvalue weighted by Crippen LogP contribution is 2.33. The van der Waals surface area contributed by atoms with Crippen LogP contribution >= 0.6 is 11.6 Å². The van der Waals surface area contributed by atoms with Crippen LogP contribution in [-0.4, -0.2) is 123 Å². The zero-order valence-corrected chi connectivity index (χ0v) is 34.5. The Morgan fingerprint density at radius 2 is 1.57 bits per heavy atom. The summed E-state index contributed by atoms with van der Waals surface area (Å²) in [6.45, 7) is 5.97. The molecule has 4 amide bonds. The van der Waals surface area contributed by atoms with Gasteiger partial charge in [0.2, 0.25) is 23.7 Å². The van der Waals surface area contributed by atoms with Gasteiger partial charge in [-0.25, -0.2) is 9.97 Å². The van der Waals surface area contributed by atoms with Crippen molar-refractivity contribution < 1.29 is 23.9 Å². The van der Waals surface area contributed by atoms with Crippen molar-refractivity contribution in [1.29, 1.82) is 0 Å². The molecule has 5 aliphatic rings. The van der Waals surface area contributed by atoms with Crippen LogP contribution in [0, 0.1) is 0 Å². The Balaban J connectivity index is 0.691. The van der Waals surface area contributed by atoms with Gasteiger partial charge in [0, 0.05) is 75.4 Å². The first-order valence-electron chi connectivity index (χ1n) is 21.4. The van der Waals surface area contributed by atoms with Crippen LogP contribution in [0.5, 0.6) is 5.75 Å². The maximum atomic E-state index is 13.4. The quantitative estimate of drug-likeness (QED) is 0.193. The zero-order chi connectivity index (χ0) is 41.2. The Morgan fingerprint density at radius 3 is 2.33 bits per heavy atom. The monoisotopic (exact) mass is 830 g/mol. The number of piperidine rings is 4. The minimum Gasteiger partial charge on any atom is -0.490 e. The van der Waals surface area contributed by atoms with E-state index in [1.165, 1.54) is 0 Å². The molecule has 0 radical (unpaired) electrons. The summed E-state index contributed by atoms with van der Waals surface area (Å²) < 4.78 is 6.42. The predicted molar refractivity (Wildman–Crippen MR) is 228 cm³/mol. The number of anilines is 1. The third kappa shape index (κ3) is 8.89. The van der Waals surface area contributed by atoms with Crippen molar-refractivity contribution in [3.63, 3.8) is 0 Å². The maximum Gasteiger partial charge on any atom is 0.255 e. The molecule has 4 aromatic rings. The summed E-state index contributed by atoms with van der Waals surface area (Å²) in [5, 5.41) is 6.37. The molecule has 4 saturated heterocycles. The van der Waals surface area contributed by atoms with Crippen molar-refractivity contribution in [2.24, 2.45) is 0 Å². The van der Waals surface area contributed by atoms with Crippen molar-refractivity contribution >= 4 is 41.2 Å². The number of rotatable bonds is 10. The van der Waals surface area contributed by atoms with Crippen molar-refractivity contribution in [3.05, 3.63) is 95.1 Å². The summed E-state index contributed by atoms with van der Waals surface area (Å²) in [7, 11) is 0. The number of benzene rings is 3. The molecule has 5 aliphatic heterocycles. The Labute approximate surface area is 355 Å². The number of aromatic nitrogens is 2. The van der Waals surface area contributed by atoms with Gasteiger partial charge in [-0.05, 0) is 85.9 Å². The van der Waals surface area contributed by atoms with Crippen LogP contribution in [-0.2, 0) is 20.9 Å². The Hall–Kier alpha value is -5.37. The van der Waals surface area contributed by atoms with Crippen molar-refractivity contribution in [2.45, 2.75) is 82.1 Å². The molecule has 4 fully saturated rings. The van der Waals surface area contributed by atoms with Crippen LogP contribution in [0.1, 0.15) is 67.3 Å². The number of likely N-dealkylation sites (tertiary alicyclic amines) is 3. The van der Waals surface area contributed by atoms with E-state index in [-0.39, 0.29) is 36.3 Å². The highest BCUT2D eigenvalue weighted by atomic mass is 35.5. The van der Waals surface area contributed by atoms with E-state index in [1.54, 1.807) is 17.2 Å². The van der Waals surface area contributed by atoms with Gasteiger partial charge in [0.15, 0.2) is 0 Å². The Morgan fingerprint density at radius 1 is 0.817 bits per heavy atom. The molecule has 60 heavy (non-hydrogen) atoms. The van der Waals surface area contributed by atoms with Crippen LogP contribution < -0.4 is 15.4 Å². The topological polar surface area (TPSA) is 140 Å². The van der Waals surface area contributed by atoms with Gasteiger partial charge < -0.3 is 24.8 Å². The molecule has 1 unspecified atom stereocenters. The number of hydrogen-bond acceptors (Lipinski definition) is 10. The molecule has 9 rings (SSSR count). The number of halogens is 1. The maximum absolute atomic E-state index is 13.4. The summed E-state index contributed by atoms with van der Waals surface area (Å²) in [6.07, 6.45) is 7.94. The second kappa shape index (κ2) is 17.7. The van der Waals surface area contributed by atoms with Gasteiger partial charge in [-0.15, -0.1) is 0 Å². The molecular formula is C46H51ClN8O5. The number of carbonyl (C=O) groups is 4. The fourth-order valence-electron chi connectivity index (χ4n) is 9.48. The third-order valence-electron chi connectivity index (χ3n) is 12.9. The smallest absolute Gasteiger partial charge is 0.255 e. The van der Waals surface area contributed by atoms with Crippen LogP contribution in [0.15, 0.2) is 79.0 Å². The number of hydrogen-bond donors (Lipinski definition) is 2. The molecule has 1 atom stereocenters. The standard InChI is InChI=1S/C46H51ClN8O5/c47-39-27-48-46(51-43(39)32-8-4-7-31(25-32)30-5-2-1-3-6-30)49-34-13-21-54(22-14-34)42(57)29-52-19-15-35(16-20-52)53-23-17-36(18-24-53)60-37-9-10-38-33(26-37)28-55(45(38)59)40-11-12-41(56)50-44(40)58/h1-10,25-27,34-36,40H,11-24,28-29H2,(H,48,49,51)(H,50,56,58). The lowest BCUT2D eigenvalue weighted by atomic mass is 9.98. The lowest BCUT2D eigenvalue weighted by molar-refractivity contribution is -0.137. The van der Waals surface area contributed by atoms with Crippen LogP contribution in [0.2, 0.25) is 5.02 Å². The first kappa shape index (κ1) is 40.1. The average Bonchev–Trinajstić information content (AvgIpc) is 3.60. The second-order valence-electron chi connectivity index (χ2n) is 16.7. The number of carbonyl (C=O) groups excluding carboxylic acids is 4. The van der Waals surface area contributed by atoms with E-state index in [0.29, 0.717) is 60.9 Å². The normalized spacial score (nSPS) is 21.2.